The molecule has 5 nitrogen and oxygen atoms in total. The van der Waals surface area contributed by atoms with E-state index in [1.807, 2.05) is 24.4 Å². The zero-order chi connectivity index (χ0) is 19.6. The third kappa shape index (κ3) is 3.71. The van der Waals surface area contributed by atoms with Gasteiger partial charge in [0.25, 0.3) is 0 Å². The third-order valence-electron chi connectivity index (χ3n) is 5.34. The van der Waals surface area contributed by atoms with Crippen LogP contribution in [-0.2, 0) is 0 Å². The molecule has 146 valence electrons. The minimum atomic E-state index is -0.325. The van der Waals surface area contributed by atoms with Crippen molar-refractivity contribution in [3.05, 3.63) is 72.9 Å². The van der Waals surface area contributed by atoms with Gasteiger partial charge in [0, 0.05) is 29.4 Å². The van der Waals surface area contributed by atoms with Crippen LogP contribution in [0.2, 0.25) is 0 Å². The first-order chi connectivity index (χ1) is 14.3. The minimum Gasteiger partial charge on any atom is -0.456 e. The van der Waals surface area contributed by atoms with Crippen molar-refractivity contribution in [3.63, 3.8) is 0 Å². The highest BCUT2D eigenvalue weighted by Gasteiger charge is 2.16. The summed E-state index contributed by atoms with van der Waals surface area (Å²) in [5.74, 6) is 0.788. The quantitative estimate of drug-likeness (QED) is 0.537. The van der Waals surface area contributed by atoms with Crippen molar-refractivity contribution >= 4 is 10.9 Å². The fraction of sp³-hybridized carbons (Fsp3) is 0.217. The lowest BCUT2D eigenvalue weighted by molar-refractivity contribution is 0.343. The first-order valence-corrected chi connectivity index (χ1v) is 9.84. The number of rotatable bonds is 4. The largest absolute Gasteiger partial charge is 0.456 e. The number of nitrogens with zero attached hydrogens (tertiary/aromatic N) is 3. The van der Waals surface area contributed by atoms with Gasteiger partial charge in [0.1, 0.15) is 17.3 Å². The summed E-state index contributed by atoms with van der Waals surface area (Å²) in [6.45, 7) is 2.07. The van der Waals surface area contributed by atoms with Crippen molar-refractivity contribution in [2.75, 3.05) is 13.1 Å². The van der Waals surface area contributed by atoms with Gasteiger partial charge in [0.2, 0.25) is 0 Å². The molecule has 0 atom stereocenters. The Labute approximate surface area is 168 Å². The van der Waals surface area contributed by atoms with Crippen molar-refractivity contribution in [1.29, 1.82) is 0 Å². The van der Waals surface area contributed by atoms with Gasteiger partial charge in [0.05, 0.1) is 17.8 Å². The second-order valence-corrected chi connectivity index (χ2v) is 7.29. The number of hydrogen-bond donors (Lipinski definition) is 1. The number of pyridine rings is 1. The summed E-state index contributed by atoms with van der Waals surface area (Å²) in [5, 5.41) is 8.85. The number of benzene rings is 2. The van der Waals surface area contributed by atoms with E-state index in [1.54, 1.807) is 24.4 Å². The Hall–Kier alpha value is -3.25. The van der Waals surface area contributed by atoms with Crippen LogP contribution in [0, 0.1) is 5.82 Å². The lowest BCUT2D eigenvalue weighted by atomic mass is 10.1. The topological polar surface area (TPSA) is 52.0 Å². The Morgan fingerprint density at radius 3 is 2.79 bits per heavy atom. The van der Waals surface area contributed by atoms with E-state index in [2.05, 4.69) is 26.3 Å². The second-order valence-electron chi connectivity index (χ2n) is 7.29. The molecule has 1 aliphatic heterocycles. The standard InChI is InChI=1S/C23H21FN4O/c24-18-2-1-3-20(13-18)29-23-8-11-26-22-12-16(4-5-21(22)23)17-14-27-28(15-17)19-6-9-25-10-7-19/h1-5,8,11-15,19,25H,6-7,9-10H2. The molecule has 1 N–H and O–H groups in total. The van der Waals surface area contributed by atoms with Crippen LogP contribution >= 0.6 is 0 Å². The first kappa shape index (κ1) is 17.8. The predicted molar refractivity (Wildman–Crippen MR) is 111 cm³/mol. The van der Waals surface area contributed by atoms with Gasteiger partial charge < -0.3 is 10.1 Å². The summed E-state index contributed by atoms with van der Waals surface area (Å²) in [6.07, 6.45) is 7.93. The summed E-state index contributed by atoms with van der Waals surface area (Å²) >= 11 is 0. The third-order valence-corrected chi connectivity index (χ3v) is 5.34. The Bertz CT molecular complexity index is 1150. The number of ether oxygens (including phenoxy) is 1. The van der Waals surface area contributed by atoms with E-state index in [4.69, 9.17) is 4.74 Å². The molecule has 6 heteroatoms. The van der Waals surface area contributed by atoms with Crippen LogP contribution < -0.4 is 10.1 Å². The number of nitrogens with one attached hydrogen (secondary N) is 1. The molecule has 4 aromatic rings. The van der Waals surface area contributed by atoms with E-state index in [0.717, 1.165) is 48.0 Å². The molecule has 1 saturated heterocycles. The van der Waals surface area contributed by atoms with Crippen molar-refractivity contribution in [1.82, 2.24) is 20.1 Å². The summed E-state index contributed by atoms with van der Waals surface area (Å²) in [6, 6.07) is 14.5. The fourth-order valence-electron chi connectivity index (χ4n) is 3.81. The molecule has 0 spiro atoms. The molecule has 2 aromatic heterocycles. The molecule has 5 rings (SSSR count). The molecule has 0 saturated carbocycles. The maximum absolute atomic E-state index is 13.5. The van der Waals surface area contributed by atoms with E-state index in [0.29, 0.717) is 17.5 Å². The Morgan fingerprint density at radius 2 is 1.93 bits per heavy atom. The minimum absolute atomic E-state index is 0.325. The van der Waals surface area contributed by atoms with E-state index < -0.39 is 0 Å². The molecule has 3 heterocycles. The Balaban J connectivity index is 1.44. The number of aromatic nitrogens is 3. The lowest BCUT2D eigenvalue weighted by Crippen LogP contribution is -2.29. The Morgan fingerprint density at radius 1 is 1.03 bits per heavy atom. The van der Waals surface area contributed by atoms with Crippen molar-refractivity contribution in [2.24, 2.45) is 0 Å². The van der Waals surface area contributed by atoms with E-state index in [-0.39, 0.29) is 5.82 Å². The zero-order valence-electron chi connectivity index (χ0n) is 15.9. The molecule has 1 aliphatic rings. The highest BCUT2D eigenvalue weighted by atomic mass is 19.1. The average molecular weight is 388 g/mol. The zero-order valence-corrected chi connectivity index (χ0v) is 15.9. The SMILES string of the molecule is Fc1cccc(Oc2ccnc3cc(-c4cnn(C5CCNCC5)c4)ccc23)c1. The smallest absolute Gasteiger partial charge is 0.138 e. The molecule has 0 aliphatic carbocycles. The normalized spacial score (nSPS) is 14.9. The highest BCUT2D eigenvalue weighted by Crippen LogP contribution is 2.32. The number of halogens is 1. The van der Waals surface area contributed by atoms with Crippen LogP contribution in [-0.4, -0.2) is 27.9 Å². The van der Waals surface area contributed by atoms with Gasteiger partial charge >= 0.3 is 0 Å². The molecule has 29 heavy (non-hydrogen) atoms. The second kappa shape index (κ2) is 7.64. The highest BCUT2D eigenvalue weighted by molar-refractivity contribution is 5.88. The molecule has 0 unspecified atom stereocenters. The lowest BCUT2D eigenvalue weighted by Gasteiger charge is -2.22. The van der Waals surface area contributed by atoms with E-state index in [9.17, 15) is 4.39 Å². The predicted octanol–water partition coefficient (Wildman–Crippen LogP) is 4.95. The summed E-state index contributed by atoms with van der Waals surface area (Å²) in [7, 11) is 0. The first-order valence-electron chi connectivity index (χ1n) is 9.84. The summed E-state index contributed by atoms with van der Waals surface area (Å²) in [5.41, 5.74) is 2.96. The number of hydrogen-bond acceptors (Lipinski definition) is 4. The Kier molecular flexibility index (Phi) is 4.69. The molecule has 2 aromatic carbocycles. The monoisotopic (exact) mass is 388 g/mol. The van der Waals surface area contributed by atoms with Crippen molar-refractivity contribution in [3.8, 4) is 22.6 Å². The van der Waals surface area contributed by atoms with E-state index >= 15 is 0 Å². The van der Waals surface area contributed by atoms with E-state index in [1.165, 1.54) is 12.1 Å². The molecule has 1 fully saturated rings. The van der Waals surface area contributed by atoms with Crippen molar-refractivity contribution in [2.45, 2.75) is 18.9 Å². The van der Waals surface area contributed by atoms with Crippen LogP contribution in [0.15, 0.2) is 67.1 Å². The van der Waals surface area contributed by atoms with Gasteiger partial charge in [-0.1, -0.05) is 12.1 Å². The number of piperidine rings is 1. The maximum Gasteiger partial charge on any atom is 0.138 e. The molecular weight excluding hydrogens is 367 g/mol. The van der Waals surface area contributed by atoms with Crippen LogP contribution in [0.3, 0.4) is 0 Å². The molecular formula is C23H21FN4O. The average Bonchev–Trinajstić information content (AvgIpc) is 3.25. The molecule has 0 radical (unpaired) electrons. The molecule has 0 amide bonds. The summed E-state index contributed by atoms with van der Waals surface area (Å²) in [4.78, 5) is 4.49. The van der Waals surface area contributed by atoms with Crippen LogP contribution in [0.5, 0.6) is 11.5 Å². The van der Waals surface area contributed by atoms with Gasteiger partial charge in [0.15, 0.2) is 0 Å². The van der Waals surface area contributed by atoms with Gasteiger partial charge in [-0.2, -0.15) is 5.10 Å². The van der Waals surface area contributed by atoms with Crippen molar-refractivity contribution < 1.29 is 9.13 Å². The fourth-order valence-corrected chi connectivity index (χ4v) is 3.81. The van der Waals surface area contributed by atoms with Gasteiger partial charge in [-0.3, -0.25) is 9.67 Å². The van der Waals surface area contributed by atoms with Crippen LogP contribution in [0.1, 0.15) is 18.9 Å². The van der Waals surface area contributed by atoms with Gasteiger partial charge in [-0.15, -0.1) is 0 Å². The van der Waals surface area contributed by atoms with Gasteiger partial charge in [-0.05, 0) is 61.8 Å². The van der Waals surface area contributed by atoms with Crippen LogP contribution in [0.4, 0.5) is 4.39 Å². The molecule has 0 bridgehead atoms. The summed E-state index contributed by atoms with van der Waals surface area (Å²) < 4.78 is 21.4. The van der Waals surface area contributed by atoms with Gasteiger partial charge in [-0.25, -0.2) is 4.39 Å². The van der Waals surface area contributed by atoms with Crippen LogP contribution in [0.25, 0.3) is 22.0 Å². The maximum atomic E-state index is 13.5. The number of fused-ring (bicyclic) bond motifs is 1.